The van der Waals surface area contributed by atoms with E-state index in [4.69, 9.17) is 4.42 Å². The number of nitrogens with one attached hydrogen (secondary N) is 3. The molecule has 2 aromatic heterocycles. The minimum atomic E-state index is 0. The van der Waals surface area contributed by atoms with Gasteiger partial charge in [-0.1, -0.05) is 0 Å². The molecule has 1 saturated heterocycles. The lowest BCUT2D eigenvalue weighted by Gasteiger charge is -2.27. The maximum Gasteiger partial charge on any atom is 0.227 e. The van der Waals surface area contributed by atoms with Crippen LogP contribution < -0.4 is 10.6 Å². The zero-order valence-corrected chi connectivity index (χ0v) is 14.7. The number of aromatic nitrogens is 2. The van der Waals surface area contributed by atoms with Crippen LogP contribution in [-0.2, 0) is 4.79 Å². The van der Waals surface area contributed by atoms with Gasteiger partial charge in [0.25, 0.3) is 0 Å². The van der Waals surface area contributed by atoms with Crippen LogP contribution in [0.5, 0.6) is 0 Å². The highest BCUT2D eigenvalue weighted by molar-refractivity contribution is 5.94. The number of halogens is 1. The van der Waals surface area contributed by atoms with Gasteiger partial charge in [0.2, 0.25) is 5.91 Å². The fraction of sp³-hybridized carbons (Fsp3) is 0.333. The monoisotopic (exact) mass is 360 g/mol. The largest absolute Gasteiger partial charge is 0.461 e. The van der Waals surface area contributed by atoms with E-state index in [0.29, 0.717) is 17.6 Å². The summed E-state index contributed by atoms with van der Waals surface area (Å²) < 4.78 is 5.36. The van der Waals surface area contributed by atoms with Crippen molar-refractivity contribution in [1.82, 2.24) is 15.3 Å². The Morgan fingerprint density at radius 1 is 1.36 bits per heavy atom. The van der Waals surface area contributed by atoms with E-state index in [0.717, 1.165) is 36.1 Å². The highest BCUT2D eigenvalue weighted by Crippen LogP contribution is 2.24. The normalized spacial score (nSPS) is 20.2. The highest BCUT2D eigenvalue weighted by atomic mass is 35.5. The van der Waals surface area contributed by atoms with Crippen molar-refractivity contribution in [2.45, 2.75) is 25.8 Å². The first-order valence-corrected chi connectivity index (χ1v) is 8.27. The van der Waals surface area contributed by atoms with E-state index in [1.165, 1.54) is 0 Å². The van der Waals surface area contributed by atoms with Gasteiger partial charge < -0.3 is 20.0 Å². The fourth-order valence-electron chi connectivity index (χ4n) is 3.23. The average Bonchev–Trinajstić information content (AvgIpc) is 3.23. The van der Waals surface area contributed by atoms with Crippen LogP contribution in [0.1, 0.15) is 19.8 Å². The molecule has 25 heavy (non-hydrogen) atoms. The lowest BCUT2D eigenvalue weighted by atomic mass is 9.92. The number of hydrogen-bond donors (Lipinski definition) is 3. The second-order valence-corrected chi connectivity index (χ2v) is 6.36. The third-order valence-corrected chi connectivity index (χ3v) is 4.50. The number of nitrogens with zero attached hydrogens (tertiary/aromatic N) is 1. The molecule has 1 aliphatic heterocycles. The Labute approximate surface area is 151 Å². The number of benzene rings is 1. The predicted octanol–water partition coefficient (Wildman–Crippen LogP) is 3.57. The average molecular weight is 361 g/mol. The summed E-state index contributed by atoms with van der Waals surface area (Å²) in [5.74, 6) is 1.54. The van der Waals surface area contributed by atoms with E-state index in [1.807, 2.05) is 30.3 Å². The van der Waals surface area contributed by atoms with E-state index in [2.05, 4.69) is 27.5 Å². The molecule has 0 bridgehead atoms. The number of hydrogen-bond acceptors (Lipinski definition) is 4. The third kappa shape index (κ3) is 3.70. The number of carbonyl (C=O) groups excluding carboxylic acids is 1. The molecule has 1 aliphatic rings. The molecule has 3 N–H and O–H groups in total. The van der Waals surface area contributed by atoms with Crippen molar-refractivity contribution in [3.63, 3.8) is 0 Å². The quantitative estimate of drug-likeness (QED) is 0.666. The minimum Gasteiger partial charge on any atom is -0.461 e. The molecule has 1 amide bonds. The molecule has 0 spiro atoms. The molecule has 132 valence electrons. The molecule has 1 aromatic carbocycles. The summed E-state index contributed by atoms with van der Waals surface area (Å²) in [6, 6.07) is 9.78. The Bertz CT molecular complexity index is 859. The Balaban J connectivity index is 0.00000182. The van der Waals surface area contributed by atoms with Gasteiger partial charge in [-0.05, 0) is 56.6 Å². The second kappa shape index (κ2) is 7.29. The van der Waals surface area contributed by atoms with Crippen molar-refractivity contribution >= 4 is 35.0 Å². The van der Waals surface area contributed by atoms with Gasteiger partial charge in [-0.2, -0.15) is 0 Å². The first-order valence-electron chi connectivity index (χ1n) is 8.27. The summed E-state index contributed by atoms with van der Waals surface area (Å²) in [7, 11) is 0. The molecular formula is C18H21ClN4O2. The van der Waals surface area contributed by atoms with Gasteiger partial charge in [-0.15, -0.1) is 12.4 Å². The van der Waals surface area contributed by atoms with Gasteiger partial charge in [0.05, 0.1) is 17.3 Å². The van der Waals surface area contributed by atoms with Crippen molar-refractivity contribution in [2.24, 2.45) is 5.92 Å². The Morgan fingerprint density at radius 2 is 2.24 bits per heavy atom. The van der Waals surface area contributed by atoms with Crippen molar-refractivity contribution in [2.75, 3.05) is 11.9 Å². The molecule has 0 saturated carbocycles. The summed E-state index contributed by atoms with van der Waals surface area (Å²) in [6.07, 6.45) is 3.38. The Morgan fingerprint density at radius 3 is 3.00 bits per heavy atom. The Hall–Kier alpha value is -2.31. The number of imidazole rings is 1. The van der Waals surface area contributed by atoms with Crippen LogP contribution in [-0.4, -0.2) is 28.5 Å². The first-order chi connectivity index (χ1) is 11.7. The van der Waals surface area contributed by atoms with Crippen LogP contribution in [0.3, 0.4) is 0 Å². The molecule has 3 aromatic rings. The molecule has 4 rings (SSSR count). The molecule has 0 unspecified atom stereocenters. The fourth-order valence-corrected chi connectivity index (χ4v) is 3.23. The van der Waals surface area contributed by atoms with Gasteiger partial charge in [-0.3, -0.25) is 4.79 Å². The molecule has 3 heterocycles. The molecule has 6 nitrogen and oxygen atoms in total. The van der Waals surface area contributed by atoms with Crippen molar-refractivity contribution in [3.8, 4) is 11.6 Å². The van der Waals surface area contributed by atoms with Gasteiger partial charge >= 0.3 is 0 Å². The van der Waals surface area contributed by atoms with Crippen LogP contribution in [0.4, 0.5) is 5.69 Å². The van der Waals surface area contributed by atoms with Crippen LogP contribution in [0.15, 0.2) is 41.0 Å². The molecule has 2 atom stereocenters. The number of furan rings is 1. The van der Waals surface area contributed by atoms with Gasteiger partial charge in [-0.25, -0.2) is 4.98 Å². The predicted molar refractivity (Wildman–Crippen MR) is 99.9 cm³/mol. The van der Waals surface area contributed by atoms with E-state index < -0.39 is 0 Å². The number of anilines is 1. The van der Waals surface area contributed by atoms with Gasteiger partial charge in [0.15, 0.2) is 11.6 Å². The second-order valence-electron chi connectivity index (χ2n) is 6.36. The van der Waals surface area contributed by atoms with E-state index in [9.17, 15) is 4.79 Å². The summed E-state index contributed by atoms with van der Waals surface area (Å²) in [4.78, 5) is 20.2. The van der Waals surface area contributed by atoms with Crippen molar-refractivity contribution in [3.05, 3.63) is 36.6 Å². The molecule has 0 radical (unpaired) electrons. The summed E-state index contributed by atoms with van der Waals surface area (Å²) in [5.41, 5.74) is 2.50. The zero-order valence-electron chi connectivity index (χ0n) is 13.9. The third-order valence-electron chi connectivity index (χ3n) is 4.50. The highest BCUT2D eigenvalue weighted by Gasteiger charge is 2.24. The smallest absolute Gasteiger partial charge is 0.227 e. The molecule has 1 fully saturated rings. The molecular weight excluding hydrogens is 340 g/mol. The van der Waals surface area contributed by atoms with Crippen molar-refractivity contribution in [1.29, 1.82) is 0 Å². The summed E-state index contributed by atoms with van der Waals surface area (Å²) >= 11 is 0. The van der Waals surface area contributed by atoms with E-state index in [-0.39, 0.29) is 24.2 Å². The topological polar surface area (TPSA) is 83.0 Å². The van der Waals surface area contributed by atoms with Gasteiger partial charge in [0.1, 0.15) is 0 Å². The SMILES string of the molecule is C[C@H]1C[C@@H](C(=O)Nc2ccc3nc(-c4ccco4)[nH]c3c2)CCN1.Cl. The number of amides is 1. The summed E-state index contributed by atoms with van der Waals surface area (Å²) in [5, 5.41) is 6.40. The standard InChI is InChI=1S/C18H20N4O2.ClH/c1-11-9-12(6-7-19-11)18(23)20-13-4-5-14-15(10-13)22-17(21-14)16-3-2-8-24-16;/h2-5,8,10-12,19H,6-7,9H2,1H3,(H,20,23)(H,21,22);1H/t11-,12-;/m0./s1. The number of rotatable bonds is 3. The maximum absolute atomic E-state index is 12.5. The lowest BCUT2D eigenvalue weighted by Crippen LogP contribution is -2.40. The zero-order chi connectivity index (χ0) is 16.5. The minimum absolute atomic E-state index is 0. The number of piperidine rings is 1. The van der Waals surface area contributed by atoms with Gasteiger partial charge in [0, 0.05) is 17.6 Å². The number of H-pyrrole nitrogens is 1. The maximum atomic E-state index is 12.5. The van der Waals surface area contributed by atoms with Crippen LogP contribution in [0, 0.1) is 5.92 Å². The molecule has 0 aliphatic carbocycles. The number of fused-ring (bicyclic) bond motifs is 1. The van der Waals surface area contributed by atoms with E-state index in [1.54, 1.807) is 6.26 Å². The van der Waals surface area contributed by atoms with E-state index >= 15 is 0 Å². The van der Waals surface area contributed by atoms with Crippen LogP contribution >= 0.6 is 12.4 Å². The van der Waals surface area contributed by atoms with Crippen molar-refractivity contribution < 1.29 is 9.21 Å². The number of carbonyl (C=O) groups is 1. The molecule has 7 heteroatoms. The van der Waals surface area contributed by atoms with Crippen LogP contribution in [0.2, 0.25) is 0 Å². The lowest BCUT2D eigenvalue weighted by molar-refractivity contribution is -0.120. The number of aromatic amines is 1. The summed E-state index contributed by atoms with van der Waals surface area (Å²) in [6.45, 7) is 3.01. The van der Waals surface area contributed by atoms with Crippen LogP contribution in [0.25, 0.3) is 22.6 Å². The Kier molecular flexibility index (Phi) is 5.11. The first kappa shape index (κ1) is 17.5.